The molecule has 0 spiro atoms. The highest BCUT2D eigenvalue weighted by atomic mass is 19.1. The molecule has 1 nitrogen and oxygen atoms in total. The summed E-state index contributed by atoms with van der Waals surface area (Å²) in [6.45, 7) is 0.314. The molecule has 0 saturated heterocycles. The molecule has 1 aromatic rings. The molecule has 1 aromatic carbocycles. The van der Waals surface area contributed by atoms with Crippen LogP contribution in [-0.4, -0.2) is 11.8 Å². The molecule has 4 heteroatoms. The fraction of sp³-hybridized carbons (Fsp3) is 0.333. The largest absolute Gasteiger partial charge is 0.385 e. The fourth-order valence-electron chi connectivity index (χ4n) is 1.11. The van der Waals surface area contributed by atoms with Gasteiger partial charge in [0.05, 0.1) is 5.56 Å². The average molecular weight is 190 g/mol. The van der Waals surface area contributed by atoms with Gasteiger partial charge >= 0.3 is 0 Å². The van der Waals surface area contributed by atoms with Gasteiger partial charge in [-0.25, -0.2) is 13.2 Å². The van der Waals surface area contributed by atoms with Gasteiger partial charge in [0.1, 0.15) is 24.4 Å². The van der Waals surface area contributed by atoms with Gasteiger partial charge in [-0.05, 0) is 24.6 Å². The van der Waals surface area contributed by atoms with E-state index in [2.05, 4.69) is 0 Å². The second kappa shape index (κ2) is 3.79. The van der Waals surface area contributed by atoms with Crippen LogP contribution in [0.2, 0.25) is 0 Å². The van der Waals surface area contributed by atoms with Gasteiger partial charge in [-0.3, -0.25) is 0 Å². The molecular weight excluding hydrogens is 181 g/mol. The first-order chi connectivity index (χ1) is 6.06. The molecule has 0 aliphatic rings. The van der Waals surface area contributed by atoms with E-state index in [9.17, 15) is 13.2 Å². The van der Waals surface area contributed by atoms with Crippen molar-refractivity contribution in [3.05, 3.63) is 34.9 Å². The summed E-state index contributed by atoms with van der Waals surface area (Å²) in [7, 11) is 0. The highest BCUT2D eigenvalue weighted by Crippen LogP contribution is 2.22. The number of alkyl halides is 1. The molecule has 1 atom stereocenters. The van der Waals surface area contributed by atoms with Crippen LogP contribution in [0.15, 0.2) is 12.1 Å². The van der Waals surface area contributed by atoms with Gasteiger partial charge in [0.2, 0.25) is 0 Å². The van der Waals surface area contributed by atoms with E-state index in [0.717, 1.165) is 12.1 Å². The first kappa shape index (κ1) is 10.1. The van der Waals surface area contributed by atoms with E-state index in [1.807, 2.05) is 0 Å². The van der Waals surface area contributed by atoms with Crippen molar-refractivity contribution < 1.29 is 18.3 Å². The molecule has 0 aromatic heterocycles. The van der Waals surface area contributed by atoms with E-state index in [1.54, 1.807) is 0 Å². The number of rotatable bonds is 2. The summed E-state index contributed by atoms with van der Waals surface area (Å²) in [4.78, 5) is 0. The zero-order valence-electron chi connectivity index (χ0n) is 7.02. The standard InChI is InChI=1S/C9H9F3O/c1-5-2-6(11)9(7(12)3-5)8(13)4-10/h2-3,8,13H,4H2,1H3. The molecule has 0 radical (unpaired) electrons. The number of halogens is 3. The lowest BCUT2D eigenvalue weighted by atomic mass is 10.1. The minimum Gasteiger partial charge on any atom is -0.385 e. The lowest BCUT2D eigenvalue weighted by molar-refractivity contribution is 0.133. The summed E-state index contributed by atoms with van der Waals surface area (Å²) in [5.41, 5.74) is -0.210. The van der Waals surface area contributed by atoms with Crippen LogP contribution in [0, 0.1) is 18.6 Å². The summed E-state index contributed by atoms with van der Waals surface area (Å²) in [5, 5.41) is 8.93. The molecule has 0 bridgehead atoms. The Balaban J connectivity index is 3.20. The summed E-state index contributed by atoms with van der Waals surface area (Å²) in [5.74, 6) is -1.83. The fourth-order valence-corrected chi connectivity index (χ4v) is 1.11. The van der Waals surface area contributed by atoms with Crippen molar-refractivity contribution in [3.8, 4) is 0 Å². The number of aliphatic hydroxyl groups is 1. The lowest BCUT2D eigenvalue weighted by Crippen LogP contribution is -2.06. The van der Waals surface area contributed by atoms with Gasteiger partial charge in [0.15, 0.2) is 0 Å². The third-order valence-electron chi connectivity index (χ3n) is 1.70. The van der Waals surface area contributed by atoms with E-state index in [0.29, 0.717) is 5.56 Å². The van der Waals surface area contributed by atoms with Crippen molar-refractivity contribution in [2.75, 3.05) is 6.67 Å². The number of hydrogen-bond acceptors (Lipinski definition) is 1. The summed E-state index contributed by atoms with van der Waals surface area (Å²) in [6.07, 6.45) is -1.72. The predicted molar refractivity (Wildman–Crippen MR) is 42.0 cm³/mol. The summed E-state index contributed by atoms with van der Waals surface area (Å²) in [6, 6.07) is 2.11. The van der Waals surface area contributed by atoms with Gasteiger partial charge in [0, 0.05) is 0 Å². The Morgan fingerprint density at radius 1 is 1.31 bits per heavy atom. The van der Waals surface area contributed by atoms with Crippen molar-refractivity contribution in [1.82, 2.24) is 0 Å². The zero-order chi connectivity index (χ0) is 10.0. The minimum absolute atomic E-state index is 0.393. The van der Waals surface area contributed by atoms with Crippen molar-refractivity contribution in [2.24, 2.45) is 0 Å². The second-order valence-corrected chi connectivity index (χ2v) is 2.81. The van der Waals surface area contributed by atoms with Crippen molar-refractivity contribution in [1.29, 1.82) is 0 Å². The Hall–Kier alpha value is -1.03. The topological polar surface area (TPSA) is 20.2 Å². The van der Waals surface area contributed by atoms with E-state index < -0.39 is 30.0 Å². The first-order valence-electron chi connectivity index (χ1n) is 3.76. The molecule has 1 unspecified atom stereocenters. The van der Waals surface area contributed by atoms with E-state index in [-0.39, 0.29) is 0 Å². The Morgan fingerprint density at radius 3 is 2.15 bits per heavy atom. The average Bonchev–Trinajstić information content (AvgIpc) is 2.02. The molecule has 0 saturated carbocycles. The van der Waals surface area contributed by atoms with E-state index in [1.165, 1.54) is 6.92 Å². The van der Waals surface area contributed by atoms with E-state index in [4.69, 9.17) is 5.11 Å². The van der Waals surface area contributed by atoms with Crippen molar-refractivity contribution in [3.63, 3.8) is 0 Å². The maximum atomic E-state index is 13.0. The molecule has 0 aliphatic carbocycles. The van der Waals surface area contributed by atoms with Gasteiger partial charge in [0.25, 0.3) is 0 Å². The van der Waals surface area contributed by atoms with Crippen LogP contribution in [-0.2, 0) is 0 Å². The predicted octanol–water partition coefficient (Wildman–Crippen LogP) is 2.28. The molecule has 0 fully saturated rings. The van der Waals surface area contributed by atoms with Gasteiger partial charge in [-0.1, -0.05) is 0 Å². The van der Waals surface area contributed by atoms with Crippen LogP contribution >= 0.6 is 0 Å². The molecule has 0 heterocycles. The normalized spacial score (nSPS) is 13.0. The maximum absolute atomic E-state index is 13.0. The smallest absolute Gasteiger partial charge is 0.132 e. The maximum Gasteiger partial charge on any atom is 0.132 e. The summed E-state index contributed by atoms with van der Waals surface area (Å²) < 4.78 is 37.9. The molecular formula is C9H9F3O. The Bertz CT molecular complexity index is 289. The van der Waals surface area contributed by atoms with Crippen LogP contribution in [0.3, 0.4) is 0 Å². The molecule has 72 valence electrons. The monoisotopic (exact) mass is 190 g/mol. The Kier molecular flexibility index (Phi) is 2.93. The van der Waals surface area contributed by atoms with E-state index >= 15 is 0 Å². The van der Waals surface area contributed by atoms with Crippen LogP contribution in [0.5, 0.6) is 0 Å². The molecule has 13 heavy (non-hydrogen) atoms. The van der Waals surface area contributed by atoms with Crippen molar-refractivity contribution >= 4 is 0 Å². The van der Waals surface area contributed by atoms with Crippen LogP contribution in [0.25, 0.3) is 0 Å². The zero-order valence-corrected chi connectivity index (χ0v) is 7.02. The van der Waals surface area contributed by atoms with Gasteiger partial charge in [-0.2, -0.15) is 0 Å². The molecule has 0 amide bonds. The van der Waals surface area contributed by atoms with Crippen LogP contribution in [0.1, 0.15) is 17.2 Å². The number of benzene rings is 1. The SMILES string of the molecule is Cc1cc(F)c(C(O)CF)c(F)c1. The first-order valence-corrected chi connectivity index (χ1v) is 3.76. The number of aliphatic hydroxyl groups excluding tert-OH is 1. The van der Waals surface area contributed by atoms with Gasteiger partial charge < -0.3 is 5.11 Å². The second-order valence-electron chi connectivity index (χ2n) is 2.81. The summed E-state index contributed by atoms with van der Waals surface area (Å²) >= 11 is 0. The number of hydrogen-bond donors (Lipinski definition) is 1. The Labute approximate surface area is 73.8 Å². The molecule has 1 rings (SSSR count). The molecule has 0 aliphatic heterocycles. The lowest BCUT2D eigenvalue weighted by Gasteiger charge is -2.09. The third-order valence-corrected chi connectivity index (χ3v) is 1.70. The van der Waals surface area contributed by atoms with Crippen molar-refractivity contribution in [2.45, 2.75) is 13.0 Å². The van der Waals surface area contributed by atoms with Crippen LogP contribution < -0.4 is 0 Å². The van der Waals surface area contributed by atoms with Crippen LogP contribution in [0.4, 0.5) is 13.2 Å². The minimum atomic E-state index is -1.72. The Morgan fingerprint density at radius 2 is 1.77 bits per heavy atom. The van der Waals surface area contributed by atoms with Gasteiger partial charge in [-0.15, -0.1) is 0 Å². The highest BCUT2D eigenvalue weighted by Gasteiger charge is 2.17. The molecule has 1 N–H and O–H groups in total. The number of aryl methyl sites for hydroxylation is 1. The quantitative estimate of drug-likeness (QED) is 0.758. The third kappa shape index (κ3) is 2.01. The highest BCUT2D eigenvalue weighted by molar-refractivity contribution is 5.27.